The Morgan fingerprint density at radius 2 is 2.23 bits per heavy atom. The molecule has 0 radical (unpaired) electrons. The van der Waals surface area contributed by atoms with E-state index in [1.807, 2.05) is 24.4 Å². The van der Waals surface area contributed by atoms with Crippen molar-refractivity contribution in [3.8, 4) is 0 Å². The highest BCUT2D eigenvalue weighted by molar-refractivity contribution is 7.16. The van der Waals surface area contributed by atoms with E-state index in [0.717, 1.165) is 36.1 Å². The van der Waals surface area contributed by atoms with Crippen molar-refractivity contribution >= 4 is 33.7 Å². The van der Waals surface area contributed by atoms with E-state index >= 15 is 0 Å². The lowest BCUT2D eigenvalue weighted by Gasteiger charge is -2.29. The van der Waals surface area contributed by atoms with Gasteiger partial charge in [-0.15, -0.1) is 22.7 Å². The zero-order valence-electron chi connectivity index (χ0n) is 13.0. The Kier molecular flexibility index (Phi) is 4.90. The van der Waals surface area contributed by atoms with Crippen molar-refractivity contribution in [2.24, 2.45) is 5.92 Å². The van der Waals surface area contributed by atoms with Gasteiger partial charge in [0, 0.05) is 11.4 Å². The number of thiazole rings is 1. The molecule has 0 unspecified atom stereocenters. The lowest BCUT2D eigenvalue weighted by molar-refractivity contribution is 0.103. The summed E-state index contributed by atoms with van der Waals surface area (Å²) >= 11 is 3.05. The molecule has 4 nitrogen and oxygen atoms in total. The second kappa shape index (κ2) is 6.89. The van der Waals surface area contributed by atoms with Gasteiger partial charge in [0.2, 0.25) is 0 Å². The van der Waals surface area contributed by atoms with Crippen LogP contribution in [0.3, 0.4) is 0 Å². The van der Waals surface area contributed by atoms with E-state index < -0.39 is 0 Å². The molecule has 0 saturated carbocycles. The smallest absolute Gasteiger partial charge is 0.267 e. The first-order chi connectivity index (χ1) is 10.6. The van der Waals surface area contributed by atoms with Gasteiger partial charge >= 0.3 is 0 Å². The van der Waals surface area contributed by atoms with Crippen molar-refractivity contribution in [1.29, 1.82) is 0 Å². The Labute approximate surface area is 139 Å². The van der Waals surface area contributed by atoms with Gasteiger partial charge in [-0.25, -0.2) is 4.98 Å². The third kappa shape index (κ3) is 3.74. The minimum atomic E-state index is -0.0675. The third-order valence-electron chi connectivity index (χ3n) is 4.10. The molecular formula is C16H21N3OS2. The van der Waals surface area contributed by atoms with Crippen LogP contribution in [0.15, 0.2) is 17.5 Å². The number of anilines is 1. The molecule has 1 saturated heterocycles. The number of nitrogens with zero attached hydrogens (tertiary/aromatic N) is 2. The van der Waals surface area contributed by atoms with E-state index in [-0.39, 0.29) is 5.91 Å². The number of aromatic nitrogens is 1. The number of hydrogen-bond acceptors (Lipinski definition) is 5. The summed E-state index contributed by atoms with van der Waals surface area (Å²) in [5, 5.41) is 5.52. The summed E-state index contributed by atoms with van der Waals surface area (Å²) in [5.74, 6) is 0.779. The number of carbonyl (C=O) groups is 1. The molecular weight excluding hydrogens is 314 g/mol. The maximum Gasteiger partial charge on any atom is 0.267 e. The van der Waals surface area contributed by atoms with Crippen LogP contribution in [0.4, 0.5) is 5.13 Å². The van der Waals surface area contributed by atoms with Gasteiger partial charge in [0.15, 0.2) is 5.13 Å². The van der Waals surface area contributed by atoms with E-state index in [1.54, 1.807) is 11.3 Å². The molecule has 1 amide bonds. The van der Waals surface area contributed by atoms with Gasteiger partial charge < -0.3 is 0 Å². The van der Waals surface area contributed by atoms with Crippen LogP contribution in [0.1, 0.15) is 40.0 Å². The first kappa shape index (κ1) is 15.6. The lowest BCUT2D eigenvalue weighted by Crippen LogP contribution is -2.32. The Morgan fingerprint density at radius 3 is 2.91 bits per heavy atom. The first-order valence-corrected chi connectivity index (χ1v) is 9.35. The van der Waals surface area contributed by atoms with Crippen molar-refractivity contribution in [3.63, 3.8) is 0 Å². The number of nitrogens with one attached hydrogen (secondary N) is 1. The van der Waals surface area contributed by atoms with Crippen molar-refractivity contribution in [1.82, 2.24) is 9.88 Å². The maximum absolute atomic E-state index is 12.1. The number of amides is 1. The normalized spacial score (nSPS) is 16.8. The predicted molar refractivity (Wildman–Crippen MR) is 92.8 cm³/mol. The van der Waals surface area contributed by atoms with Gasteiger partial charge in [0.1, 0.15) is 0 Å². The SMILES string of the molecule is Cc1nc(NC(=O)c2cccs2)sc1CN1CCC(C)CC1. The molecule has 0 spiro atoms. The third-order valence-corrected chi connectivity index (χ3v) is 6.03. The highest BCUT2D eigenvalue weighted by atomic mass is 32.1. The van der Waals surface area contributed by atoms with Crippen molar-refractivity contribution in [3.05, 3.63) is 33.0 Å². The minimum absolute atomic E-state index is 0.0675. The van der Waals surface area contributed by atoms with Crippen LogP contribution in [0.5, 0.6) is 0 Å². The van der Waals surface area contributed by atoms with E-state index in [9.17, 15) is 4.79 Å². The summed E-state index contributed by atoms with van der Waals surface area (Å²) in [6.45, 7) is 7.63. The number of thiophene rings is 1. The molecule has 0 bridgehead atoms. The molecule has 0 aromatic carbocycles. The second-order valence-corrected chi connectivity index (χ2v) is 7.95. The fraction of sp³-hybridized carbons (Fsp3) is 0.500. The van der Waals surface area contributed by atoms with Crippen LogP contribution in [0.25, 0.3) is 0 Å². The molecule has 0 atom stereocenters. The summed E-state index contributed by atoms with van der Waals surface area (Å²) in [5.41, 5.74) is 1.03. The van der Waals surface area contributed by atoms with Gasteiger partial charge in [-0.3, -0.25) is 15.0 Å². The Hall–Kier alpha value is -1.24. The van der Waals surface area contributed by atoms with Gasteiger partial charge in [-0.1, -0.05) is 13.0 Å². The van der Waals surface area contributed by atoms with Crippen molar-refractivity contribution in [2.45, 2.75) is 33.2 Å². The first-order valence-electron chi connectivity index (χ1n) is 7.65. The zero-order chi connectivity index (χ0) is 15.5. The summed E-state index contributed by atoms with van der Waals surface area (Å²) in [6, 6.07) is 3.71. The van der Waals surface area contributed by atoms with Crippen LogP contribution in [-0.2, 0) is 6.54 Å². The number of carbonyl (C=O) groups excluding carboxylic acids is 1. The number of aryl methyl sites for hydroxylation is 1. The van der Waals surface area contributed by atoms with E-state index in [4.69, 9.17) is 0 Å². The van der Waals surface area contributed by atoms with E-state index in [0.29, 0.717) is 5.13 Å². The molecule has 6 heteroatoms. The van der Waals surface area contributed by atoms with Crippen LogP contribution in [0, 0.1) is 12.8 Å². The van der Waals surface area contributed by atoms with Crippen LogP contribution in [0.2, 0.25) is 0 Å². The van der Waals surface area contributed by atoms with Crippen molar-refractivity contribution in [2.75, 3.05) is 18.4 Å². The van der Waals surface area contributed by atoms with E-state index in [2.05, 4.69) is 22.1 Å². The van der Waals surface area contributed by atoms with Gasteiger partial charge in [0.05, 0.1) is 10.6 Å². The molecule has 1 aliphatic heterocycles. The number of piperidine rings is 1. The standard InChI is InChI=1S/C16H21N3OS2/c1-11-5-7-19(8-6-11)10-14-12(2)17-16(22-14)18-15(20)13-4-3-9-21-13/h3-4,9,11H,5-8,10H2,1-2H3,(H,17,18,20). The predicted octanol–water partition coefficient (Wildman–Crippen LogP) is 4.00. The molecule has 0 aliphatic carbocycles. The van der Waals surface area contributed by atoms with Crippen LogP contribution < -0.4 is 5.32 Å². The Bertz CT molecular complexity index is 628. The van der Waals surface area contributed by atoms with Crippen LogP contribution >= 0.6 is 22.7 Å². The molecule has 1 fully saturated rings. The van der Waals surface area contributed by atoms with E-state index in [1.165, 1.54) is 29.1 Å². The Morgan fingerprint density at radius 1 is 1.45 bits per heavy atom. The lowest BCUT2D eigenvalue weighted by atomic mass is 9.99. The van der Waals surface area contributed by atoms with Gasteiger partial charge in [0.25, 0.3) is 5.91 Å². The van der Waals surface area contributed by atoms with Crippen LogP contribution in [-0.4, -0.2) is 28.9 Å². The zero-order valence-corrected chi connectivity index (χ0v) is 14.6. The summed E-state index contributed by atoms with van der Waals surface area (Å²) in [6.07, 6.45) is 2.56. The summed E-state index contributed by atoms with van der Waals surface area (Å²) < 4.78 is 0. The number of hydrogen-bond donors (Lipinski definition) is 1. The maximum atomic E-state index is 12.1. The fourth-order valence-electron chi connectivity index (χ4n) is 2.62. The fourth-order valence-corrected chi connectivity index (χ4v) is 4.24. The average Bonchev–Trinajstić information content (AvgIpc) is 3.12. The quantitative estimate of drug-likeness (QED) is 0.918. The average molecular weight is 335 g/mol. The second-order valence-electron chi connectivity index (χ2n) is 5.92. The summed E-state index contributed by atoms with van der Waals surface area (Å²) in [4.78, 5) is 21.1. The molecule has 2 aromatic heterocycles. The molecule has 1 N–H and O–H groups in total. The number of rotatable bonds is 4. The van der Waals surface area contributed by atoms with Crippen molar-refractivity contribution < 1.29 is 4.79 Å². The molecule has 118 valence electrons. The highest BCUT2D eigenvalue weighted by Gasteiger charge is 2.19. The monoisotopic (exact) mass is 335 g/mol. The van der Waals surface area contributed by atoms with Gasteiger partial charge in [-0.05, 0) is 50.2 Å². The molecule has 1 aliphatic rings. The minimum Gasteiger partial charge on any atom is -0.298 e. The Balaban J connectivity index is 1.62. The van der Waals surface area contributed by atoms with Gasteiger partial charge in [-0.2, -0.15) is 0 Å². The molecule has 3 rings (SSSR count). The molecule has 2 aromatic rings. The largest absolute Gasteiger partial charge is 0.298 e. The topological polar surface area (TPSA) is 45.2 Å². The number of likely N-dealkylation sites (tertiary alicyclic amines) is 1. The summed E-state index contributed by atoms with van der Waals surface area (Å²) in [7, 11) is 0. The molecule has 22 heavy (non-hydrogen) atoms. The molecule has 3 heterocycles. The highest BCUT2D eigenvalue weighted by Crippen LogP contribution is 2.26.